The second-order valence-electron chi connectivity index (χ2n) is 8.81. The number of fused-ring (bicyclic) bond motifs is 1. The maximum Gasteiger partial charge on any atom is 0.406 e. The Labute approximate surface area is 216 Å². The molecule has 11 heteroatoms. The molecule has 8 nitrogen and oxygen atoms in total. The summed E-state index contributed by atoms with van der Waals surface area (Å²) in [5.41, 5.74) is 3.74. The minimum atomic E-state index is -4.55. The fourth-order valence-corrected chi connectivity index (χ4v) is 4.63. The Morgan fingerprint density at radius 1 is 1.03 bits per heavy atom. The predicted molar refractivity (Wildman–Crippen MR) is 134 cm³/mol. The number of alkyl halides is 3. The maximum absolute atomic E-state index is 13.4. The summed E-state index contributed by atoms with van der Waals surface area (Å²) in [6.07, 6.45) is -0.624. The Morgan fingerprint density at radius 2 is 1.84 bits per heavy atom. The number of carbonyl (C=O) groups excluding carboxylic acids is 1. The molecule has 1 amide bonds. The van der Waals surface area contributed by atoms with E-state index in [4.69, 9.17) is 9.47 Å². The van der Waals surface area contributed by atoms with E-state index < -0.39 is 24.7 Å². The minimum Gasteiger partial charge on any atom is -0.496 e. The third kappa shape index (κ3) is 5.04. The van der Waals surface area contributed by atoms with Crippen molar-refractivity contribution in [2.45, 2.75) is 25.1 Å². The summed E-state index contributed by atoms with van der Waals surface area (Å²) >= 11 is 0. The number of hydrogen-bond acceptors (Lipinski definition) is 6. The highest BCUT2D eigenvalue weighted by Gasteiger charge is 2.39. The van der Waals surface area contributed by atoms with Gasteiger partial charge in [-0.25, -0.2) is 9.67 Å². The first kappa shape index (κ1) is 25.2. The highest BCUT2D eigenvalue weighted by atomic mass is 19.4. The van der Waals surface area contributed by atoms with Gasteiger partial charge in [-0.15, -0.1) is 5.10 Å². The van der Waals surface area contributed by atoms with E-state index in [1.807, 2.05) is 18.2 Å². The summed E-state index contributed by atoms with van der Waals surface area (Å²) in [5, 5.41) is 8.35. The zero-order valence-corrected chi connectivity index (χ0v) is 20.6. The van der Waals surface area contributed by atoms with Crippen LogP contribution in [0.5, 0.6) is 11.6 Å². The largest absolute Gasteiger partial charge is 0.496 e. The molecule has 0 saturated carbocycles. The second kappa shape index (κ2) is 10.2. The number of anilines is 1. The van der Waals surface area contributed by atoms with E-state index in [1.54, 1.807) is 55.9 Å². The lowest BCUT2D eigenvalue weighted by Gasteiger charge is -2.26. The van der Waals surface area contributed by atoms with Crippen LogP contribution in [0.1, 0.15) is 18.0 Å². The molecule has 0 N–H and O–H groups in total. The maximum atomic E-state index is 13.4. The number of amides is 1. The molecule has 1 aliphatic heterocycles. The number of benzene rings is 2. The number of hydrogen-bond donors (Lipinski definition) is 0. The van der Waals surface area contributed by atoms with Crippen LogP contribution < -0.4 is 14.4 Å². The highest BCUT2D eigenvalue weighted by molar-refractivity contribution is 5.97. The van der Waals surface area contributed by atoms with Crippen LogP contribution in [0.25, 0.3) is 22.4 Å². The van der Waals surface area contributed by atoms with Crippen molar-refractivity contribution in [3.63, 3.8) is 0 Å². The number of halogens is 3. The van der Waals surface area contributed by atoms with Gasteiger partial charge in [0.25, 0.3) is 5.91 Å². The lowest BCUT2D eigenvalue weighted by atomic mass is 10.0. The molecule has 2 aromatic carbocycles. The molecule has 0 bridgehead atoms. The van der Waals surface area contributed by atoms with Crippen molar-refractivity contribution in [3.05, 3.63) is 72.6 Å². The third-order valence-electron chi connectivity index (χ3n) is 6.44. The van der Waals surface area contributed by atoms with Crippen LogP contribution in [0, 0.1) is 0 Å². The number of carbonyl (C=O) groups is 1. The van der Waals surface area contributed by atoms with Crippen molar-refractivity contribution in [1.29, 1.82) is 0 Å². The average Bonchev–Trinajstić information content (AvgIpc) is 3.36. The fraction of sp³-hybridized carbons (Fsp3) is 0.259. The van der Waals surface area contributed by atoms with E-state index in [0.29, 0.717) is 41.3 Å². The van der Waals surface area contributed by atoms with Crippen molar-refractivity contribution in [2.24, 2.45) is 0 Å². The molecule has 5 rings (SSSR count). The van der Waals surface area contributed by atoms with E-state index in [0.717, 1.165) is 16.0 Å². The molecule has 2 aromatic heterocycles. The summed E-state index contributed by atoms with van der Waals surface area (Å²) in [4.78, 5) is 18.3. The molecule has 0 saturated heterocycles. The molecule has 38 heavy (non-hydrogen) atoms. The number of ether oxygens (including phenoxy) is 2. The number of nitrogens with zero attached hydrogens (tertiary/aromatic N) is 5. The Kier molecular flexibility index (Phi) is 6.75. The Bertz CT molecular complexity index is 1470. The minimum absolute atomic E-state index is 0.269. The van der Waals surface area contributed by atoms with Gasteiger partial charge in [0.05, 0.1) is 20.4 Å². The number of para-hydroxylation sites is 1. The van der Waals surface area contributed by atoms with Crippen molar-refractivity contribution < 1.29 is 27.4 Å². The summed E-state index contributed by atoms with van der Waals surface area (Å²) in [6, 6.07) is 14.8. The lowest BCUT2D eigenvalue weighted by Crippen LogP contribution is -2.42. The predicted octanol–water partition coefficient (Wildman–Crippen LogP) is 5.11. The number of pyridine rings is 1. The topological polar surface area (TPSA) is 82.4 Å². The molecule has 0 radical (unpaired) electrons. The monoisotopic (exact) mass is 523 g/mol. The molecular formula is C27H24F3N5O3. The first-order valence-electron chi connectivity index (χ1n) is 11.8. The quantitative estimate of drug-likeness (QED) is 0.350. The van der Waals surface area contributed by atoms with E-state index in [2.05, 4.69) is 15.3 Å². The van der Waals surface area contributed by atoms with Gasteiger partial charge in [-0.3, -0.25) is 4.79 Å². The van der Waals surface area contributed by atoms with Crippen LogP contribution in [0.2, 0.25) is 0 Å². The first-order valence-corrected chi connectivity index (χ1v) is 11.8. The van der Waals surface area contributed by atoms with Gasteiger partial charge in [0.1, 0.15) is 24.0 Å². The van der Waals surface area contributed by atoms with Gasteiger partial charge in [0.15, 0.2) is 0 Å². The zero-order valence-electron chi connectivity index (χ0n) is 20.6. The molecule has 0 fully saturated rings. The van der Waals surface area contributed by atoms with Crippen LogP contribution in [0.4, 0.5) is 18.9 Å². The van der Waals surface area contributed by atoms with Crippen molar-refractivity contribution >= 4 is 11.6 Å². The van der Waals surface area contributed by atoms with Gasteiger partial charge in [-0.05, 0) is 48.2 Å². The standard InChI is InChI=1S/C27H24F3N5O3/c1-37-24-13-19(7-9-20(24)18-11-12-31-25(14-18)38-2)21-15-35(33-32-21)23-10-8-17-5-3-4-6-22(17)34(26(23)36)16-27(28,29)30/h3-7,9,11-15,23H,8,10,16H2,1-2H3. The Hall–Kier alpha value is -4.41. The normalized spacial score (nSPS) is 15.7. The molecule has 0 aliphatic carbocycles. The van der Waals surface area contributed by atoms with E-state index in [1.165, 1.54) is 11.8 Å². The van der Waals surface area contributed by atoms with Crippen molar-refractivity contribution in [1.82, 2.24) is 20.0 Å². The number of rotatable bonds is 6. The second-order valence-corrected chi connectivity index (χ2v) is 8.81. The summed E-state index contributed by atoms with van der Waals surface area (Å²) in [6.45, 7) is -1.38. The van der Waals surface area contributed by atoms with Crippen molar-refractivity contribution in [3.8, 4) is 34.0 Å². The fourth-order valence-electron chi connectivity index (χ4n) is 4.63. The summed E-state index contributed by atoms with van der Waals surface area (Å²) in [7, 11) is 3.09. The lowest BCUT2D eigenvalue weighted by molar-refractivity contribution is -0.134. The van der Waals surface area contributed by atoms with Crippen molar-refractivity contribution in [2.75, 3.05) is 25.7 Å². The Morgan fingerprint density at radius 3 is 2.61 bits per heavy atom. The van der Waals surface area contributed by atoms with Crippen LogP contribution in [0.15, 0.2) is 67.0 Å². The number of methoxy groups -OCH3 is 2. The smallest absolute Gasteiger partial charge is 0.406 e. The highest BCUT2D eigenvalue weighted by Crippen LogP contribution is 2.36. The molecule has 3 heterocycles. The number of aryl methyl sites for hydroxylation is 1. The number of aromatic nitrogens is 4. The zero-order chi connectivity index (χ0) is 26.9. The van der Waals surface area contributed by atoms with Gasteiger partial charge in [0.2, 0.25) is 5.88 Å². The van der Waals surface area contributed by atoms with Gasteiger partial charge >= 0.3 is 6.18 Å². The molecule has 196 valence electrons. The van der Waals surface area contributed by atoms with E-state index in [9.17, 15) is 18.0 Å². The SMILES string of the molecule is COc1cc(-c2ccc(-c3cn(C4CCc5ccccc5N(CC(F)(F)F)C4=O)nn3)cc2OC)ccn1. The van der Waals surface area contributed by atoms with Crippen LogP contribution in [0.3, 0.4) is 0 Å². The molecule has 4 aromatic rings. The Balaban J connectivity index is 1.46. The van der Waals surface area contributed by atoms with Crippen LogP contribution in [-0.4, -0.2) is 52.8 Å². The first-order chi connectivity index (χ1) is 18.3. The van der Waals surface area contributed by atoms with Crippen LogP contribution >= 0.6 is 0 Å². The van der Waals surface area contributed by atoms with Gasteiger partial charge in [0, 0.05) is 29.1 Å². The summed E-state index contributed by atoms with van der Waals surface area (Å²) < 4.78 is 52.4. The van der Waals surface area contributed by atoms with Crippen LogP contribution in [-0.2, 0) is 11.2 Å². The van der Waals surface area contributed by atoms with Gasteiger partial charge < -0.3 is 14.4 Å². The van der Waals surface area contributed by atoms with Gasteiger partial charge in [-0.2, -0.15) is 13.2 Å². The molecule has 1 atom stereocenters. The molecule has 0 spiro atoms. The average molecular weight is 524 g/mol. The third-order valence-corrected chi connectivity index (χ3v) is 6.44. The molecule has 1 unspecified atom stereocenters. The summed E-state index contributed by atoms with van der Waals surface area (Å²) in [5.74, 6) is 0.359. The van der Waals surface area contributed by atoms with E-state index >= 15 is 0 Å². The molecular weight excluding hydrogens is 499 g/mol. The van der Waals surface area contributed by atoms with E-state index in [-0.39, 0.29) is 5.69 Å². The van der Waals surface area contributed by atoms with Gasteiger partial charge in [-0.1, -0.05) is 29.5 Å². The molecule has 1 aliphatic rings.